The van der Waals surface area contributed by atoms with Crippen LogP contribution in [0.4, 0.5) is 0 Å². The first kappa shape index (κ1) is 15.0. The van der Waals surface area contributed by atoms with Gasteiger partial charge in [-0.2, -0.15) is 11.8 Å². The predicted molar refractivity (Wildman–Crippen MR) is 88.3 cm³/mol. The number of benzene rings is 1. The molecule has 0 spiro atoms. The third-order valence-corrected chi connectivity index (χ3v) is 5.63. The van der Waals surface area contributed by atoms with E-state index in [1.54, 1.807) is 0 Å². The molecule has 1 fully saturated rings. The maximum absolute atomic E-state index is 6.33. The van der Waals surface area contributed by atoms with Gasteiger partial charge in [-0.3, -0.25) is 0 Å². The number of fused-ring (bicyclic) bond motifs is 1. The molecule has 1 atom stereocenters. The fourth-order valence-electron chi connectivity index (χ4n) is 3.05. The van der Waals surface area contributed by atoms with Crippen LogP contribution in [-0.2, 0) is 0 Å². The molecule has 1 aromatic rings. The molecule has 3 rings (SSSR count). The lowest BCUT2D eigenvalue weighted by Crippen LogP contribution is -2.14. The monoisotopic (exact) mass is 307 g/mol. The Morgan fingerprint density at radius 1 is 1.10 bits per heavy atom. The summed E-state index contributed by atoms with van der Waals surface area (Å²) in [5, 5.41) is 0. The summed E-state index contributed by atoms with van der Waals surface area (Å²) >= 11 is 2.00. The topological polar surface area (TPSA) is 44.5 Å². The molecule has 1 saturated carbocycles. The standard InChI is InChI=1S/C17H25NO2S/c18-15(12-21-11-13-4-1-2-5-13)14-6-7-16-17(10-14)20-9-3-8-19-16/h6-7,10,13,15H,1-5,8-9,11-12,18H2. The van der Waals surface area contributed by atoms with Crippen molar-refractivity contribution in [1.29, 1.82) is 0 Å². The van der Waals surface area contributed by atoms with Crippen molar-refractivity contribution in [2.45, 2.75) is 38.1 Å². The molecule has 0 amide bonds. The summed E-state index contributed by atoms with van der Waals surface area (Å²) in [6.45, 7) is 1.46. The lowest BCUT2D eigenvalue weighted by molar-refractivity contribution is 0.297. The molecule has 1 aliphatic heterocycles. The summed E-state index contributed by atoms with van der Waals surface area (Å²) in [5.74, 6) is 4.86. The van der Waals surface area contributed by atoms with Crippen molar-refractivity contribution in [2.24, 2.45) is 11.7 Å². The van der Waals surface area contributed by atoms with Crippen LogP contribution in [0.5, 0.6) is 11.5 Å². The fraction of sp³-hybridized carbons (Fsp3) is 0.647. The largest absolute Gasteiger partial charge is 0.490 e. The molecule has 0 bridgehead atoms. The molecule has 2 N–H and O–H groups in total. The first-order valence-electron chi connectivity index (χ1n) is 8.06. The van der Waals surface area contributed by atoms with E-state index in [9.17, 15) is 0 Å². The highest BCUT2D eigenvalue weighted by Crippen LogP contribution is 2.33. The lowest BCUT2D eigenvalue weighted by atomic mass is 10.1. The molecule has 21 heavy (non-hydrogen) atoms. The van der Waals surface area contributed by atoms with Crippen molar-refractivity contribution in [3.8, 4) is 11.5 Å². The van der Waals surface area contributed by atoms with Gasteiger partial charge in [-0.15, -0.1) is 0 Å². The molecule has 4 heteroatoms. The molecule has 2 aliphatic rings. The molecule has 0 saturated heterocycles. The Balaban J connectivity index is 1.54. The minimum absolute atomic E-state index is 0.0774. The highest BCUT2D eigenvalue weighted by atomic mass is 32.2. The molecule has 1 heterocycles. The molecule has 1 aromatic carbocycles. The first-order chi connectivity index (χ1) is 10.3. The Labute approximate surface area is 131 Å². The molecular formula is C17H25NO2S. The second-order valence-electron chi connectivity index (χ2n) is 6.05. The van der Waals surface area contributed by atoms with Crippen LogP contribution in [0.25, 0.3) is 0 Å². The fourth-order valence-corrected chi connectivity index (χ4v) is 4.29. The van der Waals surface area contributed by atoms with E-state index >= 15 is 0 Å². The molecule has 3 nitrogen and oxygen atoms in total. The van der Waals surface area contributed by atoms with Gasteiger partial charge in [0.15, 0.2) is 11.5 Å². The van der Waals surface area contributed by atoms with Crippen molar-refractivity contribution in [3.05, 3.63) is 23.8 Å². The van der Waals surface area contributed by atoms with E-state index in [1.165, 1.54) is 31.4 Å². The lowest BCUT2D eigenvalue weighted by Gasteiger charge is -2.16. The zero-order valence-corrected chi connectivity index (χ0v) is 13.4. The Hall–Kier alpha value is -0.870. The summed E-state index contributed by atoms with van der Waals surface area (Å²) in [6.07, 6.45) is 6.59. The van der Waals surface area contributed by atoms with E-state index in [2.05, 4.69) is 12.1 Å². The molecule has 1 unspecified atom stereocenters. The Morgan fingerprint density at radius 3 is 2.67 bits per heavy atom. The number of rotatable bonds is 5. The number of hydrogen-bond donors (Lipinski definition) is 1. The van der Waals surface area contributed by atoms with E-state index in [1.807, 2.05) is 17.8 Å². The maximum Gasteiger partial charge on any atom is 0.161 e. The zero-order valence-electron chi connectivity index (χ0n) is 12.6. The smallest absolute Gasteiger partial charge is 0.161 e. The van der Waals surface area contributed by atoms with E-state index < -0.39 is 0 Å². The third-order valence-electron chi connectivity index (χ3n) is 4.33. The van der Waals surface area contributed by atoms with Crippen LogP contribution in [0, 0.1) is 5.92 Å². The van der Waals surface area contributed by atoms with Gasteiger partial charge in [-0.25, -0.2) is 0 Å². The van der Waals surface area contributed by atoms with Crippen molar-refractivity contribution in [3.63, 3.8) is 0 Å². The quantitative estimate of drug-likeness (QED) is 0.899. The van der Waals surface area contributed by atoms with Crippen LogP contribution in [0.1, 0.15) is 43.7 Å². The van der Waals surface area contributed by atoms with Crippen LogP contribution in [0.3, 0.4) is 0 Å². The number of ether oxygens (including phenoxy) is 2. The third kappa shape index (κ3) is 4.07. The summed E-state index contributed by atoms with van der Waals surface area (Å²) < 4.78 is 11.4. The van der Waals surface area contributed by atoms with Gasteiger partial charge in [0.1, 0.15) is 0 Å². The van der Waals surface area contributed by atoms with Gasteiger partial charge in [0.25, 0.3) is 0 Å². The normalized spacial score (nSPS) is 20.2. The van der Waals surface area contributed by atoms with Crippen molar-refractivity contribution in [2.75, 3.05) is 24.7 Å². The second-order valence-corrected chi connectivity index (χ2v) is 7.13. The summed E-state index contributed by atoms with van der Waals surface area (Å²) in [5.41, 5.74) is 7.49. The second kappa shape index (κ2) is 7.41. The average Bonchev–Trinajstić information content (AvgIpc) is 2.90. The van der Waals surface area contributed by atoms with Crippen molar-refractivity contribution >= 4 is 11.8 Å². The molecule has 116 valence electrons. The zero-order chi connectivity index (χ0) is 14.5. The molecular weight excluding hydrogens is 282 g/mol. The molecule has 0 radical (unpaired) electrons. The van der Waals surface area contributed by atoms with Crippen LogP contribution >= 0.6 is 11.8 Å². The Bertz CT molecular complexity index is 460. The van der Waals surface area contributed by atoms with Gasteiger partial charge >= 0.3 is 0 Å². The van der Waals surface area contributed by atoms with Crippen molar-refractivity contribution < 1.29 is 9.47 Å². The van der Waals surface area contributed by atoms with Crippen LogP contribution < -0.4 is 15.2 Å². The van der Waals surface area contributed by atoms with E-state index in [0.717, 1.165) is 48.4 Å². The minimum atomic E-state index is 0.0774. The van der Waals surface area contributed by atoms with Crippen LogP contribution in [0.2, 0.25) is 0 Å². The minimum Gasteiger partial charge on any atom is -0.490 e. The maximum atomic E-state index is 6.33. The van der Waals surface area contributed by atoms with Gasteiger partial charge in [0, 0.05) is 18.2 Å². The van der Waals surface area contributed by atoms with Crippen LogP contribution in [-0.4, -0.2) is 24.7 Å². The summed E-state index contributed by atoms with van der Waals surface area (Å²) in [7, 11) is 0. The summed E-state index contributed by atoms with van der Waals surface area (Å²) in [6, 6.07) is 6.21. The highest BCUT2D eigenvalue weighted by Gasteiger charge is 2.17. The molecule has 1 aliphatic carbocycles. The number of hydrogen-bond acceptors (Lipinski definition) is 4. The average molecular weight is 307 g/mol. The SMILES string of the molecule is NC(CSCC1CCCC1)c1ccc2c(c1)OCCCO2. The summed E-state index contributed by atoms with van der Waals surface area (Å²) in [4.78, 5) is 0. The Kier molecular flexibility index (Phi) is 5.31. The Morgan fingerprint density at radius 2 is 1.86 bits per heavy atom. The van der Waals surface area contributed by atoms with E-state index in [4.69, 9.17) is 15.2 Å². The van der Waals surface area contributed by atoms with Gasteiger partial charge < -0.3 is 15.2 Å². The van der Waals surface area contributed by atoms with Crippen molar-refractivity contribution in [1.82, 2.24) is 0 Å². The van der Waals surface area contributed by atoms with Gasteiger partial charge in [-0.05, 0) is 42.2 Å². The van der Waals surface area contributed by atoms with Gasteiger partial charge in [0.05, 0.1) is 13.2 Å². The first-order valence-corrected chi connectivity index (χ1v) is 9.21. The number of nitrogens with two attached hydrogens (primary N) is 1. The van der Waals surface area contributed by atoms with E-state index in [-0.39, 0.29) is 6.04 Å². The predicted octanol–water partition coefficient (Wildman–Crippen LogP) is 3.77. The molecule has 0 aromatic heterocycles. The van der Waals surface area contributed by atoms with Gasteiger partial charge in [0.2, 0.25) is 0 Å². The van der Waals surface area contributed by atoms with Crippen LogP contribution in [0.15, 0.2) is 18.2 Å². The van der Waals surface area contributed by atoms with E-state index in [0.29, 0.717) is 0 Å². The van der Waals surface area contributed by atoms with Gasteiger partial charge in [-0.1, -0.05) is 18.9 Å². The number of thioether (sulfide) groups is 1. The highest BCUT2D eigenvalue weighted by molar-refractivity contribution is 7.99.